The lowest BCUT2D eigenvalue weighted by atomic mass is 10.1. The molecule has 0 aliphatic carbocycles. The molecule has 5 nitrogen and oxygen atoms in total. The third kappa shape index (κ3) is 4.09. The lowest BCUT2D eigenvalue weighted by Gasteiger charge is -2.26. The number of allylic oxidation sites excluding steroid dienone is 1. The van der Waals surface area contributed by atoms with Crippen molar-refractivity contribution in [1.29, 1.82) is 0 Å². The number of sulfonamides is 1. The highest BCUT2D eigenvalue weighted by Gasteiger charge is 2.26. The van der Waals surface area contributed by atoms with Gasteiger partial charge in [0.1, 0.15) is 0 Å². The maximum atomic E-state index is 12.6. The van der Waals surface area contributed by atoms with Gasteiger partial charge in [0.25, 0.3) is 0 Å². The first-order chi connectivity index (χ1) is 12.5. The molecule has 1 aliphatic rings. The number of morpholine rings is 1. The van der Waals surface area contributed by atoms with E-state index in [4.69, 9.17) is 4.74 Å². The third-order valence-electron chi connectivity index (χ3n) is 4.35. The fourth-order valence-electron chi connectivity index (χ4n) is 2.76. The second-order valence-corrected chi connectivity index (χ2v) is 8.03. The summed E-state index contributed by atoms with van der Waals surface area (Å²) in [5.74, 6) is -0.163. The van der Waals surface area contributed by atoms with Crippen LogP contribution in [0.5, 0.6) is 0 Å². The number of ether oxygens (including phenoxy) is 1. The van der Waals surface area contributed by atoms with E-state index >= 15 is 0 Å². The number of carbonyl (C=O) groups excluding carboxylic acids is 1. The van der Waals surface area contributed by atoms with Crippen molar-refractivity contribution in [2.75, 3.05) is 26.3 Å². The predicted octanol–water partition coefficient (Wildman–Crippen LogP) is 2.91. The van der Waals surface area contributed by atoms with Crippen LogP contribution in [0, 0.1) is 6.92 Å². The van der Waals surface area contributed by atoms with Gasteiger partial charge in [-0.05, 0) is 48.4 Å². The van der Waals surface area contributed by atoms with Gasteiger partial charge in [-0.15, -0.1) is 0 Å². The van der Waals surface area contributed by atoms with Crippen molar-refractivity contribution in [1.82, 2.24) is 4.31 Å². The van der Waals surface area contributed by atoms with Crippen molar-refractivity contribution >= 4 is 21.9 Å². The molecule has 0 amide bonds. The van der Waals surface area contributed by atoms with E-state index in [1.807, 2.05) is 31.2 Å². The Kier molecular flexibility index (Phi) is 5.66. The van der Waals surface area contributed by atoms with Crippen LogP contribution < -0.4 is 0 Å². The Morgan fingerprint density at radius 2 is 1.69 bits per heavy atom. The van der Waals surface area contributed by atoms with E-state index in [9.17, 15) is 13.2 Å². The molecular weight excluding hydrogens is 350 g/mol. The molecule has 1 heterocycles. The van der Waals surface area contributed by atoms with Crippen molar-refractivity contribution in [3.63, 3.8) is 0 Å². The fraction of sp³-hybridized carbons (Fsp3) is 0.250. The maximum Gasteiger partial charge on any atom is 0.243 e. The standard InChI is InChI=1S/C20H21NO4S/c1-16-4-2-3-5-17(16)8-11-20(22)18-6-9-19(10-7-18)26(23,24)21-12-14-25-15-13-21/h2-11H,12-15H2,1H3/b11-8+. The number of hydrogen-bond donors (Lipinski definition) is 0. The molecule has 1 aliphatic heterocycles. The van der Waals surface area contributed by atoms with Crippen molar-refractivity contribution < 1.29 is 17.9 Å². The first-order valence-electron chi connectivity index (χ1n) is 8.44. The second-order valence-electron chi connectivity index (χ2n) is 6.10. The topological polar surface area (TPSA) is 63.7 Å². The quantitative estimate of drug-likeness (QED) is 0.599. The van der Waals surface area contributed by atoms with Crippen LogP contribution in [0.1, 0.15) is 21.5 Å². The molecule has 0 radical (unpaired) electrons. The molecule has 0 spiro atoms. The summed E-state index contributed by atoms with van der Waals surface area (Å²) in [5, 5.41) is 0. The summed E-state index contributed by atoms with van der Waals surface area (Å²) in [5.41, 5.74) is 2.52. The smallest absolute Gasteiger partial charge is 0.243 e. The highest BCUT2D eigenvalue weighted by molar-refractivity contribution is 7.89. The molecule has 6 heteroatoms. The molecule has 0 saturated carbocycles. The SMILES string of the molecule is Cc1ccccc1/C=C/C(=O)c1ccc(S(=O)(=O)N2CCOCC2)cc1. The molecular formula is C20H21NO4S. The number of carbonyl (C=O) groups is 1. The van der Waals surface area contributed by atoms with Gasteiger partial charge in [-0.1, -0.05) is 30.3 Å². The summed E-state index contributed by atoms with van der Waals surface area (Å²) in [6.07, 6.45) is 3.28. The molecule has 3 rings (SSSR count). The third-order valence-corrected chi connectivity index (χ3v) is 6.26. The number of rotatable bonds is 5. The minimum absolute atomic E-state index is 0.163. The molecule has 0 aromatic heterocycles. The molecule has 0 atom stereocenters. The van der Waals surface area contributed by atoms with Gasteiger partial charge in [-0.2, -0.15) is 4.31 Å². The van der Waals surface area contributed by atoms with Crippen LogP contribution in [0.15, 0.2) is 59.5 Å². The van der Waals surface area contributed by atoms with E-state index in [-0.39, 0.29) is 10.7 Å². The first-order valence-corrected chi connectivity index (χ1v) is 9.88. The lowest BCUT2D eigenvalue weighted by molar-refractivity contribution is 0.0730. The Hall–Kier alpha value is -2.28. The normalized spacial score (nSPS) is 16.0. The zero-order valence-corrected chi connectivity index (χ0v) is 15.4. The largest absolute Gasteiger partial charge is 0.379 e. The van der Waals surface area contributed by atoms with Gasteiger partial charge >= 0.3 is 0 Å². The van der Waals surface area contributed by atoms with Crippen LogP contribution in [-0.4, -0.2) is 44.8 Å². The van der Waals surface area contributed by atoms with Gasteiger partial charge in [-0.3, -0.25) is 4.79 Å². The lowest BCUT2D eigenvalue weighted by Crippen LogP contribution is -2.40. The Morgan fingerprint density at radius 3 is 2.35 bits per heavy atom. The summed E-state index contributed by atoms with van der Waals surface area (Å²) in [6, 6.07) is 13.9. The van der Waals surface area contributed by atoms with Crippen molar-refractivity contribution in [2.45, 2.75) is 11.8 Å². The van der Waals surface area contributed by atoms with Crippen molar-refractivity contribution in [3.05, 3.63) is 71.3 Å². The summed E-state index contributed by atoms with van der Waals surface area (Å²) in [6.45, 7) is 3.48. The van der Waals surface area contributed by atoms with Gasteiger partial charge in [0.2, 0.25) is 10.0 Å². The van der Waals surface area contributed by atoms with E-state index in [1.54, 1.807) is 18.2 Å². The van der Waals surface area contributed by atoms with Gasteiger partial charge in [-0.25, -0.2) is 8.42 Å². The molecule has 2 aromatic rings. The molecule has 1 saturated heterocycles. The highest BCUT2D eigenvalue weighted by Crippen LogP contribution is 2.18. The minimum atomic E-state index is -3.54. The minimum Gasteiger partial charge on any atom is -0.379 e. The average molecular weight is 371 g/mol. The summed E-state index contributed by atoms with van der Waals surface area (Å²) in [4.78, 5) is 12.5. The summed E-state index contributed by atoms with van der Waals surface area (Å²) < 4.78 is 31.8. The molecule has 1 fully saturated rings. The van der Waals surface area contributed by atoms with E-state index in [1.165, 1.54) is 22.5 Å². The first kappa shape index (κ1) is 18.5. The molecule has 2 aromatic carbocycles. The van der Waals surface area contributed by atoms with Crippen LogP contribution in [-0.2, 0) is 14.8 Å². The summed E-state index contributed by atoms with van der Waals surface area (Å²) >= 11 is 0. The Bertz CT molecular complexity index is 911. The number of ketones is 1. The Morgan fingerprint density at radius 1 is 1.04 bits per heavy atom. The average Bonchev–Trinajstić information content (AvgIpc) is 2.68. The molecule has 26 heavy (non-hydrogen) atoms. The maximum absolute atomic E-state index is 12.6. The van der Waals surface area contributed by atoms with Gasteiger partial charge in [0, 0.05) is 18.7 Å². The zero-order valence-electron chi connectivity index (χ0n) is 14.6. The number of nitrogens with zero attached hydrogens (tertiary/aromatic N) is 1. The number of benzene rings is 2. The van der Waals surface area contributed by atoms with Crippen LogP contribution in [0.4, 0.5) is 0 Å². The fourth-order valence-corrected chi connectivity index (χ4v) is 4.17. The molecule has 0 N–H and O–H groups in total. The van der Waals surface area contributed by atoms with Crippen molar-refractivity contribution in [3.8, 4) is 0 Å². The Balaban J connectivity index is 1.75. The number of hydrogen-bond acceptors (Lipinski definition) is 4. The van der Waals surface area contributed by atoms with Gasteiger partial charge in [0.05, 0.1) is 18.1 Å². The molecule has 0 bridgehead atoms. The second kappa shape index (κ2) is 7.95. The zero-order chi connectivity index (χ0) is 18.6. The molecule has 0 unspecified atom stereocenters. The van der Waals surface area contributed by atoms with E-state index < -0.39 is 10.0 Å². The van der Waals surface area contributed by atoms with E-state index in [0.717, 1.165) is 11.1 Å². The highest BCUT2D eigenvalue weighted by atomic mass is 32.2. The predicted molar refractivity (Wildman–Crippen MR) is 101 cm³/mol. The van der Waals surface area contributed by atoms with Crippen LogP contribution in [0.2, 0.25) is 0 Å². The van der Waals surface area contributed by atoms with Crippen LogP contribution in [0.3, 0.4) is 0 Å². The monoisotopic (exact) mass is 371 g/mol. The van der Waals surface area contributed by atoms with Gasteiger partial charge < -0.3 is 4.74 Å². The van der Waals surface area contributed by atoms with Crippen LogP contribution in [0.25, 0.3) is 6.08 Å². The molecule has 136 valence electrons. The van der Waals surface area contributed by atoms with E-state index in [2.05, 4.69) is 0 Å². The van der Waals surface area contributed by atoms with Crippen molar-refractivity contribution in [2.24, 2.45) is 0 Å². The summed E-state index contributed by atoms with van der Waals surface area (Å²) in [7, 11) is -3.54. The van der Waals surface area contributed by atoms with E-state index in [0.29, 0.717) is 31.9 Å². The Labute approximate surface area is 154 Å². The van der Waals surface area contributed by atoms with Crippen LogP contribution >= 0.6 is 0 Å². The van der Waals surface area contributed by atoms with Gasteiger partial charge in [0.15, 0.2) is 5.78 Å². The number of aryl methyl sites for hydroxylation is 1.